The molecule has 1 atom stereocenters. The Morgan fingerprint density at radius 3 is 2.58 bits per heavy atom. The van der Waals surface area contributed by atoms with Crippen LogP contribution in [-0.2, 0) is 11.3 Å². The first-order chi connectivity index (χ1) is 17.6. The fourth-order valence-corrected chi connectivity index (χ4v) is 5.57. The van der Waals surface area contributed by atoms with Crippen molar-refractivity contribution >= 4 is 27.8 Å². The Balaban J connectivity index is 1.21. The number of nitrogens with one attached hydrogen (secondary N) is 1. The van der Waals surface area contributed by atoms with Gasteiger partial charge >= 0.3 is 0 Å². The molecule has 0 spiro atoms. The lowest BCUT2D eigenvalue weighted by atomic mass is 10.0. The van der Waals surface area contributed by atoms with Gasteiger partial charge in [-0.25, -0.2) is 9.37 Å². The van der Waals surface area contributed by atoms with E-state index in [1.807, 2.05) is 11.1 Å². The molecule has 6 heteroatoms. The van der Waals surface area contributed by atoms with Crippen molar-refractivity contribution in [1.82, 2.24) is 19.4 Å². The van der Waals surface area contributed by atoms with Crippen LogP contribution in [0.4, 0.5) is 4.39 Å². The number of hydrogen-bond donors (Lipinski definition) is 1. The zero-order chi connectivity index (χ0) is 24.2. The predicted octanol–water partition coefficient (Wildman–Crippen LogP) is 6.25. The van der Waals surface area contributed by atoms with E-state index in [1.54, 1.807) is 12.1 Å². The van der Waals surface area contributed by atoms with Crippen molar-refractivity contribution in [1.29, 1.82) is 0 Å². The van der Waals surface area contributed by atoms with Gasteiger partial charge < -0.3 is 14.5 Å². The molecule has 2 aliphatic rings. The Morgan fingerprint density at radius 2 is 1.75 bits per heavy atom. The van der Waals surface area contributed by atoms with Crippen LogP contribution < -0.4 is 0 Å². The van der Waals surface area contributed by atoms with Crippen LogP contribution in [-0.4, -0.2) is 38.4 Å². The number of halogens is 1. The molecule has 180 valence electrons. The third-order valence-corrected chi connectivity index (χ3v) is 7.71. The van der Waals surface area contributed by atoms with Crippen LogP contribution in [0, 0.1) is 17.7 Å². The van der Waals surface area contributed by atoms with Crippen molar-refractivity contribution in [3.05, 3.63) is 78.7 Å². The average Bonchev–Trinajstić information content (AvgIpc) is 3.30. The summed E-state index contributed by atoms with van der Waals surface area (Å²) in [5.74, 6) is 1.47. The van der Waals surface area contributed by atoms with E-state index >= 15 is 0 Å². The maximum absolute atomic E-state index is 14.2. The molecule has 0 radical (unpaired) electrons. The van der Waals surface area contributed by atoms with Crippen molar-refractivity contribution in [2.24, 2.45) is 11.8 Å². The van der Waals surface area contributed by atoms with E-state index in [1.165, 1.54) is 11.5 Å². The van der Waals surface area contributed by atoms with Crippen molar-refractivity contribution < 1.29 is 9.18 Å². The lowest BCUT2D eigenvalue weighted by Gasteiger charge is -2.18. The summed E-state index contributed by atoms with van der Waals surface area (Å²) in [5, 5.41) is 1.20. The molecule has 5 nitrogen and oxygen atoms in total. The zero-order valence-corrected chi connectivity index (χ0v) is 20.0. The molecule has 1 saturated carbocycles. The Kier molecular flexibility index (Phi) is 4.94. The largest absolute Gasteiger partial charge is 0.361 e. The summed E-state index contributed by atoms with van der Waals surface area (Å²) in [6.07, 6.45) is 4.98. The lowest BCUT2D eigenvalue weighted by Crippen LogP contribution is -2.30. The zero-order valence-electron chi connectivity index (χ0n) is 20.0. The van der Waals surface area contributed by atoms with Crippen LogP contribution in [0.25, 0.3) is 44.5 Å². The number of likely N-dealkylation sites (tertiary alicyclic amines) is 1. The van der Waals surface area contributed by atoms with Crippen LogP contribution in [0.3, 0.4) is 0 Å². The van der Waals surface area contributed by atoms with E-state index in [2.05, 4.69) is 58.1 Å². The fourth-order valence-electron chi connectivity index (χ4n) is 5.57. The second kappa shape index (κ2) is 8.33. The molecule has 36 heavy (non-hydrogen) atoms. The second-order valence-electron chi connectivity index (χ2n) is 10.2. The minimum absolute atomic E-state index is 0.249. The van der Waals surface area contributed by atoms with Gasteiger partial charge in [0.25, 0.3) is 0 Å². The third-order valence-electron chi connectivity index (χ3n) is 7.71. The summed E-state index contributed by atoms with van der Waals surface area (Å²) in [6, 6.07) is 21.7. The van der Waals surface area contributed by atoms with Crippen LogP contribution >= 0.6 is 0 Å². The highest BCUT2D eigenvalue weighted by atomic mass is 19.1. The molecule has 0 bridgehead atoms. The maximum Gasteiger partial charge on any atom is 0.225 e. The molecular formula is C30H27FN4O. The van der Waals surface area contributed by atoms with E-state index < -0.39 is 0 Å². The van der Waals surface area contributed by atoms with Crippen molar-refractivity contribution in [2.75, 3.05) is 13.1 Å². The summed E-state index contributed by atoms with van der Waals surface area (Å²) in [7, 11) is 0. The molecule has 1 amide bonds. The normalized spacial score (nSPS) is 17.9. The number of carbonyl (C=O) groups excluding carboxylic acids is 1. The molecule has 5 aromatic rings. The first-order valence-electron chi connectivity index (χ1n) is 12.7. The Labute approximate surface area is 208 Å². The molecule has 2 aromatic heterocycles. The molecule has 3 aromatic carbocycles. The van der Waals surface area contributed by atoms with Crippen LogP contribution in [0.5, 0.6) is 0 Å². The van der Waals surface area contributed by atoms with E-state index in [0.717, 1.165) is 78.0 Å². The first kappa shape index (κ1) is 21.4. The van der Waals surface area contributed by atoms with Gasteiger partial charge in [0.15, 0.2) is 0 Å². The molecule has 1 aliphatic heterocycles. The van der Waals surface area contributed by atoms with Crippen molar-refractivity contribution in [3.8, 4) is 22.5 Å². The van der Waals surface area contributed by atoms with Crippen LogP contribution in [0.2, 0.25) is 0 Å². The maximum atomic E-state index is 14.2. The highest BCUT2D eigenvalue weighted by molar-refractivity contribution is 5.86. The average molecular weight is 479 g/mol. The molecule has 1 N–H and O–H groups in total. The third kappa shape index (κ3) is 3.77. The molecule has 1 aliphatic carbocycles. The fraction of sp³-hybridized carbons (Fsp3) is 0.267. The van der Waals surface area contributed by atoms with Crippen LogP contribution in [0.1, 0.15) is 19.3 Å². The number of rotatable bonds is 5. The van der Waals surface area contributed by atoms with Gasteiger partial charge in [0, 0.05) is 42.8 Å². The molecule has 1 saturated heterocycles. The van der Waals surface area contributed by atoms with E-state index in [-0.39, 0.29) is 11.7 Å². The number of H-pyrrole nitrogens is 1. The number of carbonyl (C=O) groups is 1. The van der Waals surface area contributed by atoms with E-state index in [9.17, 15) is 9.18 Å². The molecule has 0 unspecified atom stereocenters. The van der Waals surface area contributed by atoms with Gasteiger partial charge in [0.2, 0.25) is 5.91 Å². The minimum Gasteiger partial charge on any atom is -0.361 e. The molecule has 3 heterocycles. The summed E-state index contributed by atoms with van der Waals surface area (Å²) in [4.78, 5) is 22.8. The monoisotopic (exact) mass is 478 g/mol. The number of benzene rings is 3. The number of nitrogens with zero attached hydrogens (tertiary/aromatic N) is 3. The lowest BCUT2D eigenvalue weighted by molar-refractivity contribution is -0.131. The molecule has 7 rings (SSSR count). The Hall–Kier alpha value is -3.93. The van der Waals surface area contributed by atoms with E-state index in [4.69, 9.17) is 4.98 Å². The number of fused-ring (bicyclic) bond motifs is 2. The molecule has 2 fully saturated rings. The van der Waals surface area contributed by atoms with Crippen LogP contribution in [0.15, 0.2) is 72.9 Å². The number of hydrogen-bond acceptors (Lipinski definition) is 2. The number of imidazole rings is 1. The summed E-state index contributed by atoms with van der Waals surface area (Å²) in [6.45, 7) is 2.30. The quantitative estimate of drug-likeness (QED) is 0.325. The van der Waals surface area contributed by atoms with Gasteiger partial charge in [-0.3, -0.25) is 4.79 Å². The van der Waals surface area contributed by atoms with Crippen molar-refractivity contribution in [3.63, 3.8) is 0 Å². The number of aromatic amines is 1. The van der Waals surface area contributed by atoms with Gasteiger partial charge in [0.05, 0.1) is 11.0 Å². The second-order valence-corrected chi connectivity index (χ2v) is 10.2. The van der Waals surface area contributed by atoms with Gasteiger partial charge in [-0.15, -0.1) is 0 Å². The van der Waals surface area contributed by atoms with E-state index in [0.29, 0.717) is 11.8 Å². The minimum atomic E-state index is -0.262. The topological polar surface area (TPSA) is 53.9 Å². The highest BCUT2D eigenvalue weighted by Crippen LogP contribution is 2.34. The van der Waals surface area contributed by atoms with Gasteiger partial charge in [-0.1, -0.05) is 36.4 Å². The SMILES string of the molecule is O=C(C1CC1)N1CC[C@@H](Cn2c(-c3ccc(-c4ccc5cc[nH]c5c4)cc3)nc3ccc(F)cc32)C1. The smallest absolute Gasteiger partial charge is 0.225 e. The number of aromatic nitrogens is 3. The Morgan fingerprint density at radius 1 is 0.944 bits per heavy atom. The van der Waals surface area contributed by atoms with Gasteiger partial charge in [0.1, 0.15) is 11.6 Å². The van der Waals surface area contributed by atoms with Gasteiger partial charge in [-0.2, -0.15) is 0 Å². The summed E-state index contributed by atoms with van der Waals surface area (Å²) < 4.78 is 16.4. The predicted molar refractivity (Wildman–Crippen MR) is 140 cm³/mol. The summed E-state index contributed by atoms with van der Waals surface area (Å²) >= 11 is 0. The molecular weight excluding hydrogens is 451 g/mol. The summed E-state index contributed by atoms with van der Waals surface area (Å²) in [5.41, 5.74) is 5.99. The standard InChI is InChI=1S/C30H27FN4O/c31-25-9-10-26-28(16-25)35(18-19-12-14-34(17-19)30(36)23-6-7-23)29(33-26)22-4-1-20(2-5-22)24-8-3-21-11-13-32-27(21)15-24/h1-5,8-11,13,15-16,19,23,32H,6-7,12,14,17-18H2/t19-/m1/s1. The number of amides is 1. The van der Waals surface area contributed by atoms with Gasteiger partial charge in [-0.05, 0) is 72.0 Å². The first-order valence-corrected chi connectivity index (χ1v) is 12.7. The van der Waals surface area contributed by atoms with Crippen molar-refractivity contribution in [2.45, 2.75) is 25.8 Å². The highest BCUT2D eigenvalue weighted by Gasteiger charge is 2.36. The Bertz CT molecular complexity index is 1590.